The highest BCUT2D eigenvalue weighted by Gasteiger charge is 2.15. The monoisotopic (exact) mass is 479 g/mol. The number of fused-ring (bicyclic) bond motifs is 1. The topological polar surface area (TPSA) is 118 Å². The highest BCUT2D eigenvalue weighted by Crippen LogP contribution is 2.31. The lowest BCUT2D eigenvalue weighted by Crippen LogP contribution is -2.28. The van der Waals surface area contributed by atoms with Gasteiger partial charge in [-0.3, -0.25) is 4.79 Å². The molecule has 11 nitrogen and oxygen atoms in total. The molecule has 0 radical (unpaired) electrons. The molecule has 0 spiro atoms. The van der Waals surface area contributed by atoms with Gasteiger partial charge in [0, 0.05) is 17.7 Å². The number of benzene rings is 2. The van der Waals surface area contributed by atoms with Crippen molar-refractivity contribution in [2.45, 2.75) is 0 Å². The zero-order valence-electron chi connectivity index (χ0n) is 19.8. The van der Waals surface area contributed by atoms with Gasteiger partial charge in [0.05, 0.1) is 40.5 Å². The molecular formula is C24H25N5O6. The van der Waals surface area contributed by atoms with E-state index in [1.54, 1.807) is 68.3 Å². The molecule has 4 rings (SSSR count). The molecule has 1 amide bonds. The lowest BCUT2D eigenvalue weighted by Gasteiger charge is -2.11. The SMILES string of the molecule is COc1ccc(C(=O)NCCOc2ccc3nnc(-c4ccc(OC)c(OC)c4)n3n2)c(OC)c1. The van der Waals surface area contributed by atoms with Crippen LogP contribution < -0.4 is 29.0 Å². The quantitative estimate of drug-likeness (QED) is 0.342. The summed E-state index contributed by atoms with van der Waals surface area (Å²) in [7, 11) is 6.19. The average molecular weight is 479 g/mol. The first-order chi connectivity index (χ1) is 17.1. The Balaban J connectivity index is 1.42. The predicted molar refractivity (Wildman–Crippen MR) is 127 cm³/mol. The Bertz CT molecular complexity index is 1340. The number of carbonyl (C=O) groups excluding carboxylic acids is 1. The fraction of sp³-hybridized carbons (Fsp3) is 0.250. The van der Waals surface area contributed by atoms with Crippen LogP contribution in [0.25, 0.3) is 17.0 Å². The summed E-state index contributed by atoms with van der Waals surface area (Å²) in [5.74, 6) is 2.79. The van der Waals surface area contributed by atoms with Crippen molar-refractivity contribution < 1.29 is 28.5 Å². The smallest absolute Gasteiger partial charge is 0.255 e. The minimum atomic E-state index is -0.286. The minimum Gasteiger partial charge on any atom is -0.497 e. The molecule has 0 unspecified atom stereocenters. The van der Waals surface area contributed by atoms with E-state index < -0.39 is 0 Å². The van der Waals surface area contributed by atoms with E-state index in [4.69, 9.17) is 23.7 Å². The Kier molecular flexibility index (Phi) is 7.15. The number of ether oxygens (including phenoxy) is 5. The molecule has 11 heteroatoms. The number of carbonyl (C=O) groups is 1. The Morgan fingerprint density at radius 2 is 1.66 bits per heavy atom. The number of amides is 1. The average Bonchev–Trinajstić information content (AvgIpc) is 3.33. The number of hydrogen-bond acceptors (Lipinski definition) is 9. The Labute approximate surface area is 201 Å². The second-order valence-corrected chi connectivity index (χ2v) is 7.21. The van der Waals surface area contributed by atoms with Gasteiger partial charge >= 0.3 is 0 Å². The van der Waals surface area contributed by atoms with Crippen molar-refractivity contribution in [2.75, 3.05) is 41.6 Å². The van der Waals surface area contributed by atoms with E-state index in [-0.39, 0.29) is 19.1 Å². The largest absolute Gasteiger partial charge is 0.497 e. The van der Waals surface area contributed by atoms with Crippen molar-refractivity contribution in [3.63, 3.8) is 0 Å². The molecule has 2 heterocycles. The molecular weight excluding hydrogens is 454 g/mol. The summed E-state index contributed by atoms with van der Waals surface area (Å²) in [6, 6.07) is 13.9. The highest BCUT2D eigenvalue weighted by atomic mass is 16.5. The van der Waals surface area contributed by atoms with Gasteiger partial charge in [0.25, 0.3) is 5.91 Å². The lowest BCUT2D eigenvalue weighted by atomic mass is 10.1. The minimum absolute atomic E-state index is 0.205. The molecule has 0 atom stereocenters. The van der Waals surface area contributed by atoms with Gasteiger partial charge in [0.15, 0.2) is 23.0 Å². The molecule has 0 aliphatic carbocycles. The van der Waals surface area contributed by atoms with Gasteiger partial charge in [-0.05, 0) is 36.4 Å². The Hall–Kier alpha value is -4.54. The molecule has 0 fully saturated rings. The van der Waals surface area contributed by atoms with E-state index in [9.17, 15) is 4.79 Å². The maximum atomic E-state index is 12.5. The first kappa shape index (κ1) is 23.6. The molecule has 2 aromatic carbocycles. The summed E-state index contributed by atoms with van der Waals surface area (Å²) in [5.41, 5.74) is 1.71. The fourth-order valence-electron chi connectivity index (χ4n) is 3.41. The maximum Gasteiger partial charge on any atom is 0.255 e. The van der Waals surface area contributed by atoms with Crippen molar-refractivity contribution in [2.24, 2.45) is 0 Å². The number of methoxy groups -OCH3 is 4. The van der Waals surface area contributed by atoms with Crippen LogP contribution >= 0.6 is 0 Å². The van der Waals surface area contributed by atoms with E-state index in [1.165, 1.54) is 7.11 Å². The Morgan fingerprint density at radius 1 is 0.857 bits per heavy atom. The molecule has 0 aliphatic heterocycles. The molecule has 182 valence electrons. The molecule has 35 heavy (non-hydrogen) atoms. The van der Waals surface area contributed by atoms with Crippen LogP contribution in [0.5, 0.6) is 28.9 Å². The van der Waals surface area contributed by atoms with Gasteiger partial charge in [-0.15, -0.1) is 15.3 Å². The number of nitrogens with one attached hydrogen (secondary N) is 1. The number of rotatable bonds is 10. The molecule has 1 N–H and O–H groups in total. The van der Waals surface area contributed by atoms with E-state index in [0.717, 1.165) is 5.56 Å². The maximum absolute atomic E-state index is 12.5. The highest BCUT2D eigenvalue weighted by molar-refractivity contribution is 5.97. The summed E-state index contributed by atoms with van der Waals surface area (Å²) in [6.07, 6.45) is 0. The predicted octanol–water partition coefficient (Wildman–Crippen LogP) is 2.63. The van der Waals surface area contributed by atoms with Gasteiger partial charge in [-0.25, -0.2) is 0 Å². The van der Waals surface area contributed by atoms with Crippen molar-refractivity contribution in [1.82, 2.24) is 25.1 Å². The van der Waals surface area contributed by atoms with Crippen LogP contribution in [-0.2, 0) is 0 Å². The summed E-state index contributed by atoms with van der Waals surface area (Å²) in [6.45, 7) is 0.467. The van der Waals surface area contributed by atoms with Crippen LogP contribution in [0.15, 0.2) is 48.5 Å². The second-order valence-electron chi connectivity index (χ2n) is 7.21. The first-order valence-electron chi connectivity index (χ1n) is 10.7. The number of aromatic nitrogens is 4. The zero-order valence-corrected chi connectivity index (χ0v) is 19.8. The van der Waals surface area contributed by atoms with Gasteiger partial charge < -0.3 is 29.0 Å². The number of nitrogens with zero attached hydrogens (tertiary/aromatic N) is 4. The zero-order chi connectivity index (χ0) is 24.8. The van der Waals surface area contributed by atoms with Crippen molar-refractivity contribution in [3.8, 4) is 40.3 Å². The lowest BCUT2D eigenvalue weighted by molar-refractivity contribution is 0.0943. The Morgan fingerprint density at radius 3 is 2.40 bits per heavy atom. The van der Waals surface area contributed by atoms with Gasteiger partial charge in [-0.1, -0.05) is 0 Å². The third-order valence-corrected chi connectivity index (χ3v) is 5.17. The standard InChI is InChI=1S/C24H25N5O6/c1-31-16-6-7-17(19(14-16)33-3)24(30)25-11-12-35-22-10-9-21-26-27-23(29(21)28-22)15-5-8-18(32-2)20(13-15)34-4/h5-10,13-14H,11-12H2,1-4H3,(H,25,30). The van der Waals surface area contributed by atoms with E-state index >= 15 is 0 Å². The van der Waals surface area contributed by atoms with Crippen molar-refractivity contribution in [3.05, 3.63) is 54.1 Å². The van der Waals surface area contributed by atoms with Gasteiger partial charge in [0.1, 0.15) is 18.1 Å². The molecule has 4 aromatic rings. The molecule has 0 aliphatic rings. The number of hydrogen-bond donors (Lipinski definition) is 1. The van der Waals surface area contributed by atoms with E-state index in [1.807, 2.05) is 6.07 Å². The van der Waals surface area contributed by atoms with E-state index in [2.05, 4.69) is 20.6 Å². The first-order valence-corrected chi connectivity index (χ1v) is 10.7. The summed E-state index contributed by atoms with van der Waals surface area (Å²) < 4.78 is 28.4. The van der Waals surface area contributed by atoms with Crippen molar-refractivity contribution in [1.29, 1.82) is 0 Å². The molecule has 0 saturated carbocycles. The van der Waals surface area contributed by atoms with Crippen LogP contribution in [-0.4, -0.2) is 67.3 Å². The van der Waals surface area contributed by atoms with Gasteiger partial charge in [0.2, 0.25) is 5.88 Å². The summed E-state index contributed by atoms with van der Waals surface area (Å²) in [5, 5.41) is 15.7. The van der Waals surface area contributed by atoms with Crippen LogP contribution in [0.1, 0.15) is 10.4 Å². The molecule has 0 bridgehead atoms. The summed E-state index contributed by atoms with van der Waals surface area (Å²) in [4.78, 5) is 12.5. The van der Waals surface area contributed by atoms with Crippen LogP contribution in [0, 0.1) is 0 Å². The van der Waals surface area contributed by atoms with E-state index in [0.29, 0.717) is 45.9 Å². The van der Waals surface area contributed by atoms with Crippen LogP contribution in [0.4, 0.5) is 0 Å². The van der Waals surface area contributed by atoms with Crippen LogP contribution in [0.2, 0.25) is 0 Å². The van der Waals surface area contributed by atoms with Gasteiger partial charge in [-0.2, -0.15) is 4.52 Å². The summed E-state index contributed by atoms with van der Waals surface area (Å²) >= 11 is 0. The fourth-order valence-corrected chi connectivity index (χ4v) is 3.41. The normalized spacial score (nSPS) is 10.6. The molecule has 0 saturated heterocycles. The third-order valence-electron chi connectivity index (χ3n) is 5.17. The molecule has 2 aromatic heterocycles. The van der Waals surface area contributed by atoms with Crippen molar-refractivity contribution >= 4 is 11.6 Å². The van der Waals surface area contributed by atoms with Crippen LogP contribution in [0.3, 0.4) is 0 Å². The third kappa shape index (κ3) is 5.03. The second kappa shape index (κ2) is 10.6.